The minimum absolute atomic E-state index is 0.447. The molecule has 0 amide bonds. The molecule has 3 aliphatic rings. The Morgan fingerprint density at radius 3 is 1.74 bits per heavy atom. The number of hydrogen-bond donors (Lipinski definition) is 0. The zero-order valence-corrected chi connectivity index (χ0v) is 14.8. The van der Waals surface area contributed by atoms with Gasteiger partial charge < -0.3 is 0 Å². The van der Waals surface area contributed by atoms with Gasteiger partial charge in [0.1, 0.15) is 0 Å². The zero-order chi connectivity index (χ0) is 16.2. The lowest BCUT2D eigenvalue weighted by Crippen LogP contribution is -2.31. The Bertz CT molecular complexity index is 386. The van der Waals surface area contributed by atoms with Crippen LogP contribution in [-0.4, -0.2) is 0 Å². The summed E-state index contributed by atoms with van der Waals surface area (Å²) in [6.45, 7) is 2.30. The molecule has 0 aliphatic heterocycles. The van der Waals surface area contributed by atoms with E-state index in [1.807, 2.05) is 0 Å². The van der Waals surface area contributed by atoms with E-state index in [-0.39, 0.29) is 0 Å². The first-order chi connectivity index (χ1) is 11.2. The molecule has 0 aromatic rings. The van der Waals surface area contributed by atoms with Crippen LogP contribution in [0.1, 0.15) is 90.4 Å². The van der Waals surface area contributed by atoms with E-state index in [4.69, 9.17) is 0 Å². The second kappa shape index (κ2) is 8.12. The molecule has 0 aromatic heterocycles. The van der Waals surface area contributed by atoms with E-state index in [1.54, 1.807) is 0 Å². The van der Waals surface area contributed by atoms with Gasteiger partial charge in [0.15, 0.2) is 0 Å². The summed E-state index contributed by atoms with van der Waals surface area (Å²) in [6.07, 6.45) is 15.5. The molecule has 0 heterocycles. The van der Waals surface area contributed by atoms with Crippen molar-refractivity contribution in [3.8, 4) is 0 Å². The first-order valence-corrected chi connectivity index (χ1v) is 10.2. The molecule has 2 heteroatoms. The largest absolute Gasteiger partial charge is 0.269 e. The Morgan fingerprint density at radius 2 is 1.26 bits per heavy atom. The van der Waals surface area contributed by atoms with Gasteiger partial charge >= 0.3 is 0 Å². The summed E-state index contributed by atoms with van der Waals surface area (Å²) in [6, 6.07) is 0. The van der Waals surface area contributed by atoms with Crippen LogP contribution in [0.2, 0.25) is 0 Å². The molecule has 3 fully saturated rings. The van der Waals surface area contributed by atoms with Gasteiger partial charge in [0.2, 0.25) is 0 Å². The van der Waals surface area contributed by atoms with Gasteiger partial charge in [-0.3, -0.25) is 0 Å². The van der Waals surface area contributed by atoms with Crippen molar-refractivity contribution in [2.75, 3.05) is 0 Å². The fourth-order valence-electron chi connectivity index (χ4n) is 5.59. The van der Waals surface area contributed by atoms with Crippen molar-refractivity contribution in [3.05, 3.63) is 11.7 Å². The van der Waals surface area contributed by atoms with Gasteiger partial charge in [-0.05, 0) is 86.5 Å². The lowest BCUT2D eigenvalue weighted by atomic mass is 9.63. The monoisotopic (exact) mass is 324 g/mol. The van der Waals surface area contributed by atoms with Crippen molar-refractivity contribution in [1.29, 1.82) is 0 Å². The summed E-state index contributed by atoms with van der Waals surface area (Å²) in [5, 5.41) is 0. The van der Waals surface area contributed by atoms with Gasteiger partial charge in [-0.15, -0.1) is 0 Å². The third-order valence-electron chi connectivity index (χ3n) is 7.29. The molecule has 3 saturated carbocycles. The van der Waals surface area contributed by atoms with Crippen LogP contribution in [0.4, 0.5) is 8.78 Å². The van der Waals surface area contributed by atoms with E-state index >= 15 is 0 Å². The maximum Gasteiger partial charge on any atom is 0.269 e. The summed E-state index contributed by atoms with van der Waals surface area (Å²) in [7, 11) is 0. The van der Waals surface area contributed by atoms with Crippen LogP contribution in [0.3, 0.4) is 0 Å². The average molecular weight is 324 g/mol. The molecule has 0 aromatic carbocycles. The summed E-state index contributed by atoms with van der Waals surface area (Å²) >= 11 is 0. The Balaban J connectivity index is 1.36. The van der Waals surface area contributed by atoms with Crippen LogP contribution in [0.25, 0.3) is 0 Å². The third kappa shape index (κ3) is 4.37. The predicted octanol–water partition coefficient (Wildman–Crippen LogP) is 7.35. The standard InChI is InChI=1S/C21H34F2/c1-2-3-4-15-5-7-16(8-6-15)17-9-11-18(12-10-17)19-13-20(14-19)21(22)23/h15-19H,2-14H2,1H3. The van der Waals surface area contributed by atoms with Crippen LogP contribution in [0, 0.1) is 29.6 Å². The molecule has 0 spiro atoms. The van der Waals surface area contributed by atoms with Gasteiger partial charge in [-0.1, -0.05) is 39.0 Å². The molecule has 3 aliphatic carbocycles. The second-order valence-electron chi connectivity index (χ2n) is 8.63. The normalized spacial score (nSPS) is 38.2. The predicted molar refractivity (Wildman–Crippen MR) is 92.4 cm³/mol. The molecule has 0 saturated heterocycles. The van der Waals surface area contributed by atoms with E-state index in [1.165, 1.54) is 70.6 Å². The molecule has 0 atom stereocenters. The molecule has 0 nitrogen and oxygen atoms in total. The van der Waals surface area contributed by atoms with E-state index < -0.39 is 6.08 Å². The van der Waals surface area contributed by atoms with Crippen molar-refractivity contribution in [2.24, 2.45) is 29.6 Å². The van der Waals surface area contributed by atoms with Crippen LogP contribution >= 0.6 is 0 Å². The van der Waals surface area contributed by atoms with Crippen LogP contribution in [0.5, 0.6) is 0 Å². The van der Waals surface area contributed by atoms with Crippen molar-refractivity contribution < 1.29 is 8.78 Å². The van der Waals surface area contributed by atoms with Crippen LogP contribution in [-0.2, 0) is 0 Å². The molecule has 132 valence electrons. The van der Waals surface area contributed by atoms with Gasteiger partial charge in [0.05, 0.1) is 0 Å². The zero-order valence-electron chi connectivity index (χ0n) is 14.8. The topological polar surface area (TPSA) is 0 Å². The molecule has 0 unspecified atom stereocenters. The first-order valence-electron chi connectivity index (χ1n) is 10.2. The molecule has 0 bridgehead atoms. The summed E-state index contributed by atoms with van der Waals surface area (Å²) in [4.78, 5) is 0. The lowest BCUT2D eigenvalue weighted by molar-refractivity contribution is 0.110. The molecular formula is C21H34F2. The van der Waals surface area contributed by atoms with Gasteiger partial charge in [0.25, 0.3) is 6.08 Å². The Hall–Kier alpha value is -0.400. The van der Waals surface area contributed by atoms with Gasteiger partial charge in [-0.2, -0.15) is 8.78 Å². The summed E-state index contributed by atoms with van der Waals surface area (Å²) < 4.78 is 25.0. The Kier molecular flexibility index (Phi) is 6.15. The quantitative estimate of drug-likeness (QED) is 0.496. The fraction of sp³-hybridized carbons (Fsp3) is 0.905. The fourth-order valence-corrected chi connectivity index (χ4v) is 5.59. The number of unbranched alkanes of at least 4 members (excludes halogenated alkanes) is 1. The number of rotatable bonds is 5. The van der Waals surface area contributed by atoms with Gasteiger partial charge in [0, 0.05) is 0 Å². The summed E-state index contributed by atoms with van der Waals surface area (Å²) in [5.74, 6) is 4.27. The molecular weight excluding hydrogens is 290 g/mol. The van der Waals surface area contributed by atoms with Crippen molar-refractivity contribution >= 4 is 0 Å². The molecule has 3 rings (SSSR count). The van der Waals surface area contributed by atoms with Crippen LogP contribution in [0.15, 0.2) is 11.7 Å². The molecule has 0 N–H and O–H groups in total. The van der Waals surface area contributed by atoms with E-state index in [0.717, 1.165) is 23.7 Å². The maximum atomic E-state index is 12.5. The highest BCUT2D eigenvalue weighted by Gasteiger charge is 2.37. The van der Waals surface area contributed by atoms with E-state index in [9.17, 15) is 8.78 Å². The Morgan fingerprint density at radius 1 is 0.783 bits per heavy atom. The highest BCUT2D eigenvalue weighted by molar-refractivity contribution is 5.14. The highest BCUT2D eigenvalue weighted by atomic mass is 19.3. The SMILES string of the molecule is CCCCC1CCC(C2CCC(C3CC(=C(F)F)C3)CC2)CC1. The third-order valence-corrected chi connectivity index (χ3v) is 7.29. The summed E-state index contributed by atoms with van der Waals surface area (Å²) in [5.41, 5.74) is 0.447. The second-order valence-corrected chi connectivity index (χ2v) is 8.63. The lowest BCUT2D eigenvalue weighted by Gasteiger charge is -2.42. The first kappa shape index (κ1) is 17.4. The number of allylic oxidation sites excluding steroid dienone is 1. The minimum atomic E-state index is -1.39. The molecule has 23 heavy (non-hydrogen) atoms. The van der Waals surface area contributed by atoms with Crippen molar-refractivity contribution in [3.63, 3.8) is 0 Å². The van der Waals surface area contributed by atoms with E-state index in [0.29, 0.717) is 24.3 Å². The van der Waals surface area contributed by atoms with Crippen LogP contribution < -0.4 is 0 Å². The van der Waals surface area contributed by atoms with Crippen molar-refractivity contribution in [2.45, 2.75) is 90.4 Å². The van der Waals surface area contributed by atoms with Crippen molar-refractivity contribution in [1.82, 2.24) is 0 Å². The number of hydrogen-bond acceptors (Lipinski definition) is 0. The minimum Gasteiger partial charge on any atom is -0.173 e. The smallest absolute Gasteiger partial charge is 0.173 e. The molecule has 0 radical (unpaired) electrons. The Labute approximate surface area is 141 Å². The van der Waals surface area contributed by atoms with Gasteiger partial charge in [-0.25, -0.2) is 0 Å². The van der Waals surface area contributed by atoms with E-state index in [2.05, 4.69) is 6.92 Å². The highest BCUT2D eigenvalue weighted by Crippen LogP contribution is 2.49. The average Bonchev–Trinajstić information content (AvgIpc) is 2.52. The maximum absolute atomic E-state index is 12.5. The number of halogens is 2.